The number of hydrogen-bond acceptors (Lipinski definition) is 4. The van der Waals surface area contributed by atoms with E-state index in [0.29, 0.717) is 12.0 Å². The Kier molecular flexibility index (Phi) is 4.75. The van der Waals surface area contributed by atoms with E-state index >= 15 is 0 Å². The molecule has 1 atom stereocenters. The summed E-state index contributed by atoms with van der Waals surface area (Å²) in [6.45, 7) is 7.51. The monoisotopic (exact) mass is 383 g/mol. The number of benzene rings is 2. The van der Waals surface area contributed by atoms with Crippen LogP contribution in [0.3, 0.4) is 0 Å². The summed E-state index contributed by atoms with van der Waals surface area (Å²) in [5.74, 6) is -1.28. The summed E-state index contributed by atoms with van der Waals surface area (Å²) < 4.78 is 19.7. The van der Waals surface area contributed by atoms with Gasteiger partial charge in [0.25, 0.3) is 5.91 Å². The number of fused-ring (bicyclic) bond motifs is 1. The van der Waals surface area contributed by atoms with Gasteiger partial charge in [-0.2, -0.15) is 0 Å². The number of nitrogens with zero attached hydrogens (tertiary/aromatic N) is 1. The highest BCUT2D eigenvalue weighted by Crippen LogP contribution is 2.46. The van der Waals surface area contributed by atoms with Gasteiger partial charge < -0.3 is 20.7 Å². The predicted molar refractivity (Wildman–Crippen MR) is 108 cm³/mol. The van der Waals surface area contributed by atoms with Crippen LogP contribution in [-0.4, -0.2) is 32.2 Å². The third-order valence-electron chi connectivity index (χ3n) is 5.80. The van der Waals surface area contributed by atoms with Gasteiger partial charge in [-0.15, -0.1) is 0 Å². The number of carbonyl (C=O) groups is 1. The van der Waals surface area contributed by atoms with Gasteiger partial charge >= 0.3 is 0 Å². The molecule has 0 radical (unpaired) electrons. The number of nitrogens with two attached hydrogens (primary N) is 1. The molecule has 1 saturated heterocycles. The number of nitrogens with one attached hydrogen (secondary N) is 1. The molecule has 0 saturated carbocycles. The molecule has 1 fully saturated rings. The zero-order chi connectivity index (χ0) is 19.9. The average molecular weight is 383 g/mol. The van der Waals surface area contributed by atoms with Gasteiger partial charge in [-0.1, -0.05) is 26.0 Å². The Hall–Kier alpha value is -2.60. The van der Waals surface area contributed by atoms with Gasteiger partial charge in [-0.25, -0.2) is 4.39 Å². The molecule has 2 heterocycles. The molecule has 3 N–H and O–H groups in total. The minimum absolute atomic E-state index is 0.00130. The SMILES string of the molecule is CC1(C)Cc2c(ccc(F)c2C(N)=O)NC1c1cccc(N2CCOCC2)c1. The standard InChI is InChI=1S/C22H26FN3O2/c1-22(2)13-16-18(7-6-17(23)19(16)21(24)27)25-20(22)14-4-3-5-15(12-14)26-8-10-28-11-9-26/h3-7,12,20,25H,8-11,13H2,1-2H3,(H2,24,27). The lowest BCUT2D eigenvalue weighted by molar-refractivity contribution is 0.0994. The maximum Gasteiger partial charge on any atom is 0.252 e. The smallest absolute Gasteiger partial charge is 0.252 e. The van der Waals surface area contributed by atoms with Crippen LogP contribution in [0.1, 0.15) is 41.4 Å². The summed E-state index contributed by atoms with van der Waals surface area (Å²) >= 11 is 0. The fourth-order valence-corrected chi connectivity index (χ4v) is 4.37. The second-order valence-electron chi connectivity index (χ2n) is 8.25. The maximum absolute atomic E-state index is 14.2. The van der Waals surface area contributed by atoms with Crippen LogP contribution in [0.15, 0.2) is 36.4 Å². The Bertz CT molecular complexity index is 907. The number of rotatable bonds is 3. The van der Waals surface area contributed by atoms with Crippen molar-refractivity contribution >= 4 is 17.3 Å². The molecular formula is C22H26FN3O2. The van der Waals surface area contributed by atoms with E-state index in [1.807, 2.05) is 0 Å². The molecule has 6 heteroatoms. The third-order valence-corrected chi connectivity index (χ3v) is 5.80. The van der Waals surface area contributed by atoms with E-state index in [9.17, 15) is 9.18 Å². The van der Waals surface area contributed by atoms with Crippen molar-refractivity contribution in [3.8, 4) is 0 Å². The Morgan fingerprint density at radius 2 is 2.00 bits per heavy atom. The van der Waals surface area contributed by atoms with Crippen molar-refractivity contribution in [1.82, 2.24) is 0 Å². The van der Waals surface area contributed by atoms with Crippen molar-refractivity contribution in [2.45, 2.75) is 26.3 Å². The topological polar surface area (TPSA) is 67.6 Å². The van der Waals surface area contributed by atoms with Gasteiger partial charge in [0.15, 0.2) is 0 Å². The quantitative estimate of drug-likeness (QED) is 0.851. The summed E-state index contributed by atoms with van der Waals surface area (Å²) in [7, 11) is 0. The Balaban J connectivity index is 1.70. The lowest BCUT2D eigenvalue weighted by Crippen LogP contribution is -2.38. The molecule has 4 rings (SSSR count). The maximum atomic E-state index is 14.2. The van der Waals surface area contributed by atoms with Crippen molar-refractivity contribution in [2.24, 2.45) is 11.1 Å². The highest BCUT2D eigenvalue weighted by molar-refractivity contribution is 5.96. The first-order valence-electron chi connectivity index (χ1n) is 9.67. The van der Waals surface area contributed by atoms with E-state index in [1.165, 1.54) is 17.3 Å². The summed E-state index contributed by atoms with van der Waals surface area (Å²) in [5.41, 5.74) is 9.02. The van der Waals surface area contributed by atoms with Crippen LogP contribution in [0.4, 0.5) is 15.8 Å². The average Bonchev–Trinajstić information content (AvgIpc) is 2.67. The zero-order valence-corrected chi connectivity index (χ0v) is 16.3. The molecule has 28 heavy (non-hydrogen) atoms. The first-order valence-corrected chi connectivity index (χ1v) is 9.67. The molecule has 2 aromatic rings. The highest BCUT2D eigenvalue weighted by Gasteiger charge is 2.38. The van der Waals surface area contributed by atoms with E-state index in [0.717, 1.165) is 32.0 Å². The van der Waals surface area contributed by atoms with E-state index in [-0.39, 0.29) is 17.0 Å². The van der Waals surface area contributed by atoms with Crippen molar-refractivity contribution < 1.29 is 13.9 Å². The normalized spacial score (nSPS) is 21.0. The molecule has 0 spiro atoms. The fourth-order valence-electron chi connectivity index (χ4n) is 4.37. The molecular weight excluding hydrogens is 357 g/mol. The number of anilines is 2. The van der Waals surface area contributed by atoms with Crippen molar-refractivity contribution in [2.75, 3.05) is 36.5 Å². The minimum atomic E-state index is -0.722. The lowest BCUT2D eigenvalue weighted by atomic mass is 9.72. The second-order valence-corrected chi connectivity index (χ2v) is 8.25. The molecule has 2 aromatic carbocycles. The van der Waals surface area contributed by atoms with Crippen molar-refractivity contribution in [3.05, 3.63) is 58.9 Å². The number of carbonyl (C=O) groups excluding carboxylic acids is 1. The number of amides is 1. The van der Waals surface area contributed by atoms with Crippen LogP contribution >= 0.6 is 0 Å². The van der Waals surface area contributed by atoms with E-state index in [4.69, 9.17) is 10.5 Å². The summed E-state index contributed by atoms with van der Waals surface area (Å²) in [4.78, 5) is 14.1. The van der Waals surface area contributed by atoms with Gasteiger partial charge in [0.1, 0.15) is 5.82 Å². The lowest BCUT2D eigenvalue weighted by Gasteiger charge is -2.42. The number of morpholine rings is 1. The molecule has 0 aromatic heterocycles. The largest absolute Gasteiger partial charge is 0.378 e. The van der Waals surface area contributed by atoms with Crippen LogP contribution in [0.2, 0.25) is 0 Å². The van der Waals surface area contributed by atoms with E-state index in [1.54, 1.807) is 6.07 Å². The van der Waals surface area contributed by atoms with E-state index < -0.39 is 11.7 Å². The van der Waals surface area contributed by atoms with Gasteiger partial charge in [-0.3, -0.25) is 4.79 Å². The number of primary amides is 1. The summed E-state index contributed by atoms with van der Waals surface area (Å²) in [6, 6.07) is 11.6. The number of ether oxygens (including phenoxy) is 1. The minimum Gasteiger partial charge on any atom is -0.378 e. The predicted octanol–water partition coefficient (Wildman–Crippen LogP) is 3.50. The summed E-state index contributed by atoms with van der Waals surface area (Å²) in [5, 5.41) is 3.54. The van der Waals surface area contributed by atoms with Crippen LogP contribution in [-0.2, 0) is 11.2 Å². The van der Waals surface area contributed by atoms with Gasteiger partial charge in [0.05, 0.1) is 24.8 Å². The first kappa shape index (κ1) is 18.7. The van der Waals surface area contributed by atoms with Crippen LogP contribution in [0.5, 0.6) is 0 Å². The molecule has 5 nitrogen and oxygen atoms in total. The number of hydrogen-bond donors (Lipinski definition) is 2. The van der Waals surface area contributed by atoms with Gasteiger partial charge in [-0.05, 0) is 47.2 Å². The third kappa shape index (κ3) is 3.33. The van der Waals surface area contributed by atoms with Crippen molar-refractivity contribution in [3.63, 3.8) is 0 Å². The molecule has 1 amide bonds. The van der Waals surface area contributed by atoms with E-state index in [2.05, 4.69) is 48.3 Å². The molecule has 2 aliphatic rings. The Labute approximate surface area is 164 Å². The molecule has 2 aliphatic heterocycles. The summed E-state index contributed by atoms with van der Waals surface area (Å²) in [6.07, 6.45) is 0.567. The van der Waals surface area contributed by atoms with Gasteiger partial charge in [0.2, 0.25) is 0 Å². The number of halogens is 1. The Morgan fingerprint density at radius 3 is 2.71 bits per heavy atom. The second kappa shape index (κ2) is 7.09. The van der Waals surface area contributed by atoms with Crippen LogP contribution < -0.4 is 16.0 Å². The fraction of sp³-hybridized carbons (Fsp3) is 0.409. The van der Waals surface area contributed by atoms with Gasteiger partial charge in [0, 0.05) is 24.5 Å². The molecule has 0 bridgehead atoms. The Morgan fingerprint density at radius 1 is 1.25 bits per heavy atom. The van der Waals surface area contributed by atoms with Crippen LogP contribution in [0, 0.1) is 11.2 Å². The molecule has 148 valence electrons. The van der Waals surface area contributed by atoms with Crippen LogP contribution in [0.25, 0.3) is 0 Å². The highest BCUT2D eigenvalue weighted by atomic mass is 19.1. The first-order chi connectivity index (χ1) is 13.4. The molecule has 1 unspecified atom stereocenters. The molecule has 0 aliphatic carbocycles. The zero-order valence-electron chi connectivity index (χ0n) is 16.3. The van der Waals surface area contributed by atoms with Crippen molar-refractivity contribution in [1.29, 1.82) is 0 Å².